The normalized spacial score (nSPS) is 27.4. The lowest BCUT2D eigenvalue weighted by atomic mass is 10.1. The number of ether oxygens (including phenoxy) is 2. The molecule has 7 nitrogen and oxygen atoms in total. The molecular weight excluding hydrogens is 320 g/mol. The number of hydrogen-bond acceptors (Lipinski definition) is 5. The van der Waals surface area contributed by atoms with Crippen LogP contribution in [0.3, 0.4) is 0 Å². The van der Waals surface area contributed by atoms with Crippen LogP contribution in [0.5, 0.6) is 11.5 Å². The van der Waals surface area contributed by atoms with E-state index in [2.05, 4.69) is 5.32 Å². The molecular formula is C15H18N2O5S. The van der Waals surface area contributed by atoms with Crippen LogP contribution >= 0.6 is 0 Å². The third-order valence-corrected chi connectivity index (χ3v) is 6.60. The van der Waals surface area contributed by atoms with Crippen LogP contribution in [0.25, 0.3) is 0 Å². The van der Waals surface area contributed by atoms with Crippen LogP contribution in [0.4, 0.5) is 0 Å². The van der Waals surface area contributed by atoms with E-state index >= 15 is 0 Å². The molecule has 0 aliphatic carbocycles. The van der Waals surface area contributed by atoms with E-state index < -0.39 is 10.0 Å². The zero-order chi connectivity index (χ0) is 16.0. The summed E-state index contributed by atoms with van der Waals surface area (Å²) in [5, 5.41) is 2.79. The molecule has 0 radical (unpaired) electrons. The average molecular weight is 338 g/mol. The highest BCUT2D eigenvalue weighted by atomic mass is 32.2. The molecule has 4 rings (SSSR count). The molecule has 0 spiro atoms. The van der Waals surface area contributed by atoms with Crippen molar-refractivity contribution in [2.75, 3.05) is 19.8 Å². The van der Waals surface area contributed by atoms with Gasteiger partial charge in [0.15, 0.2) is 11.5 Å². The van der Waals surface area contributed by atoms with E-state index in [0.717, 1.165) is 12.8 Å². The molecule has 2 fully saturated rings. The molecule has 23 heavy (non-hydrogen) atoms. The highest BCUT2D eigenvalue weighted by molar-refractivity contribution is 7.89. The molecule has 2 bridgehead atoms. The zero-order valence-electron chi connectivity index (χ0n) is 12.5. The second kappa shape index (κ2) is 5.38. The topological polar surface area (TPSA) is 84.9 Å². The van der Waals surface area contributed by atoms with Gasteiger partial charge in [0.05, 0.1) is 4.90 Å². The molecule has 124 valence electrons. The van der Waals surface area contributed by atoms with Gasteiger partial charge in [-0.3, -0.25) is 4.79 Å². The van der Waals surface area contributed by atoms with Gasteiger partial charge < -0.3 is 14.8 Å². The van der Waals surface area contributed by atoms with E-state index in [0.29, 0.717) is 31.3 Å². The van der Waals surface area contributed by atoms with E-state index in [1.807, 2.05) is 0 Å². The predicted octanol–water partition coefficient (Wildman–Crippen LogP) is 0.499. The predicted molar refractivity (Wildman–Crippen MR) is 80.9 cm³/mol. The molecule has 1 amide bonds. The van der Waals surface area contributed by atoms with E-state index in [1.54, 1.807) is 12.1 Å². The molecule has 2 saturated heterocycles. The Kier molecular flexibility index (Phi) is 3.46. The second-order valence-electron chi connectivity index (χ2n) is 6.03. The molecule has 1 aromatic carbocycles. The Bertz CT molecular complexity index is 748. The highest BCUT2D eigenvalue weighted by Gasteiger charge is 2.45. The Morgan fingerprint density at radius 2 is 1.83 bits per heavy atom. The highest BCUT2D eigenvalue weighted by Crippen LogP contribution is 2.37. The number of carbonyl (C=O) groups is 1. The van der Waals surface area contributed by atoms with Crippen molar-refractivity contribution in [1.82, 2.24) is 9.62 Å². The van der Waals surface area contributed by atoms with Gasteiger partial charge in [0.1, 0.15) is 13.2 Å². The van der Waals surface area contributed by atoms with Gasteiger partial charge in [-0.25, -0.2) is 8.42 Å². The summed E-state index contributed by atoms with van der Waals surface area (Å²) in [6, 6.07) is 4.25. The van der Waals surface area contributed by atoms with Crippen molar-refractivity contribution < 1.29 is 22.7 Å². The Morgan fingerprint density at radius 1 is 1.09 bits per heavy atom. The Balaban J connectivity index is 1.71. The quantitative estimate of drug-likeness (QED) is 0.849. The summed E-state index contributed by atoms with van der Waals surface area (Å²) >= 11 is 0. The molecule has 3 aliphatic heterocycles. The molecule has 1 aromatic rings. The molecule has 0 saturated carbocycles. The Labute approximate surface area is 134 Å². The Hall–Kier alpha value is -1.80. The summed E-state index contributed by atoms with van der Waals surface area (Å²) < 4.78 is 38.6. The molecule has 3 heterocycles. The van der Waals surface area contributed by atoms with Gasteiger partial charge in [0.25, 0.3) is 0 Å². The largest absolute Gasteiger partial charge is 0.486 e. The number of hydrogen-bond donors (Lipinski definition) is 1. The van der Waals surface area contributed by atoms with Crippen molar-refractivity contribution in [2.45, 2.75) is 36.2 Å². The summed E-state index contributed by atoms with van der Waals surface area (Å²) in [6.45, 7) is 1.24. The summed E-state index contributed by atoms with van der Waals surface area (Å²) in [7, 11) is -3.67. The average Bonchev–Trinajstić information content (AvgIpc) is 2.86. The molecule has 8 heteroatoms. The zero-order valence-corrected chi connectivity index (χ0v) is 13.3. The number of benzene rings is 1. The monoisotopic (exact) mass is 338 g/mol. The number of fused-ring (bicyclic) bond motifs is 3. The minimum atomic E-state index is -3.67. The van der Waals surface area contributed by atoms with Crippen LogP contribution in [-0.4, -0.2) is 50.5 Å². The van der Waals surface area contributed by atoms with Crippen molar-refractivity contribution in [3.8, 4) is 11.5 Å². The summed E-state index contributed by atoms with van der Waals surface area (Å²) in [4.78, 5) is 11.9. The number of nitrogens with zero attached hydrogens (tertiary/aromatic N) is 1. The van der Waals surface area contributed by atoms with Crippen LogP contribution in [0.2, 0.25) is 0 Å². The fraction of sp³-hybridized carbons (Fsp3) is 0.533. The minimum Gasteiger partial charge on any atom is -0.486 e. The lowest BCUT2D eigenvalue weighted by Gasteiger charge is -2.27. The lowest BCUT2D eigenvalue weighted by Crippen LogP contribution is -2.42. The first-order valence-electron chi connectivity index (χ1n) is 7.75. The van der Waals surface area contributed by atoms with Crippen molar-refractivity contribution in [2.24, 2.45) is 0 Å². The van der Waals surface area contributed by atoms with Crippen molar-refractivity contribution in [3.63, 3.8) is 0 Å². The van der Waals surface area contributed by atoms with Crippen molar-refractivity contribution >= 4 is 15.9 Å². The van der Waals surface area contributed by atoms with Gasteiger partial charge in [-0.1, -0.05) is 0 Å². The van der Waals surface area contributed by atoms with Crippen LogP contribution in [0.1, 0.15) is 19.3 Å². The van der Waals surface area contributed by atoms with E-state index in [9.17, 15) is 13.2 Å². The maximum atomic E-state index is 13.1. The molecule has 2 unspecified atom stereocenters. The number of amides is 1. The van der Waals surface area contributed by atoms with Gasteiger partial charge in [0, 0.05) is 31.1 Å². The fourth-order valence-corrected chi connectivity index (χ4v) is 5.42. The molecule has 3 aliphatic rings. The van der Waals surface area contributed by atoms with Crippen LogP contribution < -0.4 is 14.8 Å². The standard InChI is InChI=1S/C15H18N2O5S/c18-15-7-10-1-2-11(9-16-15)17(10)23(19,20)12-3-4-13-14(8-12)22-6-5-21-13/h3-4,8,10-11H,1-2,5-7,9H2,(H,16,18). The van der Waals surface area contributed by atoms with Gasteiger partial charge in [-0.05, 0) is 25.0 Å². The van der Waals surface area contributed by atoms with Gasteiger partial charge in [-0.2, -0.15) is 4.31 Å². The third-order valence-electron chi connectivity index (χ3n) is 4.60. The number of sulfonamides is 1. The van der Waals surface area contributed by atoms with E-state index in [1.165, 1.54) is 10.4 Å². The van der Waals surface area contributed by atoms with Crippen LogP contribution in [0, 0.1) is 0 Å². The first-order valence-corrected chi connectivity index (χ1v) is 9.19. The maximum Gasteiger partial charge on any atom is 0.243 e. The molecule has 0 aromatic heterocycles. The van der Waals surface area contributed by atoms with Gasteiger partial charge >= 0.3 is 0 Å². The van der Waals surface area contributed by atoms with Crippen molar-refractivity contribution in [3.05, 3.63) is 18.2 Å². The van der Waals surface area contributed by atoms with Crippen molar-refractivity contribution in [1.29, 1.82) is 0 Å². The SMILES string of the molecule is O=C1CC2CCC(CN1)N2S(=O)(=O)c1ccc2c(c1)OCCO2. The van der Waals surface area contributed by atoms with E-state index in [-0.39, 0.29) is 29.3 Å². The summed E-state index contributed by atoms with van der Waals surface area (Å²) in [5.41, 5.74) is 0. The lowest BCUT2D eigenvalue weighted by molar-refractivity contribution is -0.121. The number of nitrogens with one attached hydrogen (secondary N) is 1. The first-order chi connectivity index (χ1) is 11.1. The van der Waals surface area contributed by atoms with Gasteiger partial charge in [-0.15, -0.1) is 0 Å². The van der Waals surface area contributed by atoms with Crippen LogP contribution in [-0.2, 0) is 14.8 Å². The Morgan fingerprint density at radius 3 is 2.65 bits per heavy atom. The number of carbonyl (C=O) groups excluding carboxylic acids is 1. The fourth-order valence-electron chi connectivity index (χ4n) is 3.54. The second-order valence-corrected chi connectivity index (χ2v) is 7.88. The summed E-state index contributed by atoms with van der Waals surface area (Å²) in [6.07, 6.45) is 1.72. The molecule has 1 N–H and O–H groups in total. The number of rotatable bonds is 2. The third kappa shape index (κ3) is 2.46. The van der Waals surface area contributed by atoms with Crippen LogP contribution in [0.15, 0.2) is 23.1 Å². The first kappa shape index (κ1) is 14.8. The smallest absolute Gasteiger partial charge is 0.243 e. The van der Waals surface area contributed by atoms with Gasteiger partial charge in [0.2, 0.25) is 15.9 Å². The minimum absolute atomic E-state index is 0.0837. The molecule has 2 atom stereocenters. The van der Waals surface area contributed by atoms with E-state index in [4.69, 9.17) is 9.47 Å². The maximum absolute atomic E-state index is 13.1. The summed E-state index contributed by atoms with van der Waals surface area (Å²) in [5.74, 6) is 0.930.